The quantitative estimate of drug-likeness (QED) is 0.720. The minimum atomic E-state index is -0.395. The first-order valence-electron chi connectivity index (χ1n) is 5.79. The second kappa shape index (κ2) is 4.03. The zero-order valence-electron chi connectivity index (χ0n) is 10.6. The molecule has 1 saturated carbocycles. The third-order valence-corrected chi connectivity index (χ3v) is 2.69. The zero-order valence-corrected chi connectivity index (χ0v) is 10.6. The van der Waals surface area contributed by atoms with Crippen LogP contribution in [-0.2, 0) is 4.74 Å². The SMILES string of the molecule is CCCN(C(=O)OC(C)(C)C)C1(C)CC1. The second-order valence-electron chi connectivity index (χ2n) is 5.63. The Morgan fingerprint density at radius 3 is 2.27 bits per heavy atom. The molecule has 0 unspecified atom stereocenters. The first-order chi connectivity index (χ1) is 6.78. The van der Waals surface area contributed by atoms with Gasteiger partial charge in [0.2, 0.25) is 0 Å². The molecule has 0 saturated heterocycles. The van der Waals surface area contributed by atoms with Gasteiger partial charge in [0.1, 0.15) is 5.60 Å². The lowest BCUT2D eigenvalue weighted by Gasteiger charge is -2.31. The van der Waals surface area contributed by atoms with Gasteiger partial charge in [0.05, 0.1) is 0 Å². The van der Waals surface area contributed by atoms with E-state index >= 15 is 0 Å². The van der Waals surface area contributed by atoms with E-state index in [0.29, 0.717) is 0 Å². The maximum Gasteiger partial charge on any atom is 0.410 e. The van der Waals surface area contributed by atoms with E-state index in [4.69, 9.17) is 4.74 Å². The van der Waals surface area contributed by atoms with Crippen molar-refractivity contribution in [2.45, 2.75) is 65.0 Å². The van der Waals surface area contributed by atoms with Crippen LogP contribution in [0.1, 0.15) is 53.9 Å². The van der Waals surface area contributed by atoms with Crippen LogP contribution in [0.4, 0.5) is 4.79 Å². The Hall–Kier alpha value is -0.730. The lowest BCUT2D eigenvalue weighted by atomic mass is 10.2. The number of ether oxygens (including phenoxy) is 1. The molecule has 0 bridgehead atoms. The van der Waals surface area contributed by atoms with Gasteiger partial charge in [0, 0.05) is 12.1 Å². The summed E-state index contributed by atoms with van der Waals surface area (Å²) in [5.41, 5.74) is -0.327. The topological polar surface area (TPSA) is 29.5 Å². The highest BCUT2D eigenvalue weighted by molar-refractivity contribution is 5.69. The molecule has 0 aromatic rings. The van der Waals surface area contributed by atoms with Crippen LogP contribution in [0.2, 0.25) is 0 Å². The van der Waals surface area contributed by atoms with Gasteiger partial charge in [-0.2, -0.15) is 0 Å². The van der Waals surface area contributed by atoms with Gasteiger partial charge in [0.15, 0.2) is 0 Å². The van der Waals surface area contributed by atoms with E-state index < -0.39 is 5.60 Å². The molecule has 1 aliphatic rings. The van der Waals surface area contributed by atoms with Gasteiger partial charge in [-0.15, -0.1) is 0 Å². The van der Waals surface area contributed by atoms with Crippen molar-refractivity contribution >= 4 is 6.09 Å². The molecule has 88 valence electrons. The third kappa shape index (κ3) is 3.40. The molecule has 3 heteroatoms. The molecule has 15 heavy (non-hydrogen) atoms. The van der Waals surface area contributed by atoms with E-state index in [9.17, 15) is 4.79 Å². The van der Waals surface area contributed by atoms with Crippen LogP contribution in [0.25, 0.3) is 0 Å². The molecule has 0 atom stereocenters. The van der Waals surface area contributed by atoms with Crippen LogP contribution < -0.4 is 0 Å². The van der Waals surface area contributed by atoms with E-state index in [1.807, 2.05) is 25.7 Å². The zero-order chi connectivity index (χ0) is 11.7. The fourth-order valence-electron chi connectivity index (χ4n) is 1.57. The molecule has 0 heterocycles. The number of hydrogen-bond donors (Lipinski definition) is 0. The summed E-state index contributed by atoms with van der Waals surface area (Å²) < 4.78 is 5.41. The van der Waals surface area contributed by atoms with Crippen LogP contribution in [-0.4, -0.2) is 28.7 Å². The molecule has 0 aliphatic heterocycles. The highest BCUT2D eigenvalue weighted by atomic mass is 16.6. The van der Waals surface area contributed by atoms with Crippen LogP contribution >= 0.6 is 0 Å². The van der Waals surface area contributed by atoms with E-state index in [-0.39, 0.29) is 11.6 Å². The van der Waals surface area contributed by atoms with Crippen LogP contribution in [0.5, 0.6) is 0 Å². The Labute approximate surface area is 92.8 Å². The third-order valence-electron chi connectivity index (χ3n) is 2.69. The fourth-order valence-corrected chi connectivity index (χ4v) is 1.57. The van der Waals surface area contributed by atoms with Crippen molar-refractivity contribution < 1.29 is 9.53 Å². The average molecular weight is 213 g/mol. The molecular weight excluding hydrogens is 190 g/mol. The Bertz CT molecular complexity index is 238. The molecule has 1 rings (SSSR count). The lowest BCUT2D eigenvalue weighted by molar-refractivity contribution is 0.0148. The molecule has 1 fully saturated rings. The Kier molecular flexibility index (Phi) is 3.31. The summed E-state index contributed by atoms with van der Waals surface area (Å²) >= 11 is 0. The van der Waals surface area contributed by atoms with Crippen molar-refractivity contribution in [3.63, 3.8) is 0 Å². The predicted molar refractivity (Wildman–Crippen MR) is 60.9 cm³/mol. The van der Waals surface area contributed by atoms with E-state index in [2.05, 4.69) is 13.8 Å². The summed E-state index contributed by atoms with van der Waals surface area (Å²) in [6.45, 7) is 10.7. The lowest BCUT2D eigenvalue weighted by Crippen LogP contribution is -2.43. The Morgan fingerprint density at radius 1 is 1.40 bits per heavy atom. The van der Waals surface area contributed by atoms with Crippen molar-refractivity contribution in [3.8, 4) is 0 Å². The molecular formula is C12H23NO2. The molecule has 0 aromatic carbocycles. The summed E-state index contributed by atoms with van der Waals surface area (Å²) in [5, 5.41) is 0. The number of rotatable bonds is 3. The number of hydrogen-bond acceptors (Lipinski definition) is 2. The maximum absolute atomic E-state index is 11.9. The standard InChI is InChI=1S/C12H23NO2/c1-6-9-13(12(5)7-8-12)10(14)15-11(2,3)4/h6-9H2,1-5H3. The fraction of sp³-hybridized carbons (Fsp3) is 0.917. The molecule has 1 amide bonds. The van der Waals surface area contributed by atoms with Gasteiger partial charge in [-0.05, 0) is 47.0 Å². The van der Waals surface area contributed by atoms with Crippen LogP contribution in [0.3, 0.4) is 0 Å². The number of carbonyl (C=O) groups is 1. The largest absolute Gasteiger partial charge is 0.444 e. The van der Waals surface area contributed by atoms with Crippen molar-refractivity contribution in [3.05, 3.63) is 0 Å². The highest BCUT2D eigenvalue weighted by Gasteiger charge is 2.46. The first kappa shape index (κ1) is 12.3. The van der Waals surface area contributed by atoms with Gasteiger partial charge in [-0.1, -0.05) is 6.92 Å². The summed E-state index contributed by atoms with van der Waals surface area (Å²) in [5.74, 6) is 0. The van der Waals surface area contributed by atoms with Crippen LogP contribution in [0.15, 0.2) is 0 Å². The minimum absolute atomic E-state index is 0.0678. The van der Waals surface area contributed by atoms with Gasteiger partial charge in [0.25, 0.3) is 0 Å². The highest BCUT2D eigenvalue weighted by Crippen LogP contribution is 2.41. The smallest absolute Gasteiger partial charge is 0.410 e. The molecule has 3 nitrogen and oxygen atoms in total. The van der Waals surface area contributed by atoms with Gasteiger partial charge >= 0.3 is 6.09 Å². The van der Waals surface area contributed by atoms with Crippen LogP contribution in [0, 0.1) is 0 Å². The summed E-state index contributed by atoms with van der Waals surface area (Å²) in [7, 11) is 0. The Morgan fingerprint density at radius 2 is 1.93 bits per heavy atom. The van der Waals surface area contributed by atoms with Gasteiger partial charge in [-0.25, -0.2) is 4.79 Å². The average Bonchev–Trinajstić information content (AvgIpc) is 2.77. The van der Waals surface area contributed by atoms with Crippen molar-refractivity contribution in [1.82, 2.24) is 4.90 Å². The number of nitrogens with zero attached hydrogens (tertiary/aromatic N) is 1. The van der Waals surface area contributed by atoms with E-state index in [0.717, 1.165) is 25.8 Å². The predicted octanol–water partition coefficient (Wildman–Crippen LogP) is 3.19. The maximum atomic E-state index is 11.9. The summed E-state index contributed by atoms with van der Waals surface area (Å²) in [6, 6.07) is 0. The van der Waals surface area contributed by atoms with E-state index in [1.165, 1.54) is 0 Å². The van der Waals surface area contributed by atoms with Gasteiger partial charge in [-0.3, -0.25) is 0 Å². The Balaban J connectivity index is 2.60. The van der Waals surface area contributed by atoms with Crippen molar-refractivity contribution in [1.29, 1.82) is 0 Å². The molecule has 0 radical (unpaired) electrons. The van der Waals surface area contributed by atoms with Gasteiger partial charge < -0.3 is 9.64 Å². The van der Waals surface area contributed by atoms with Crippen molar-refractivity contribution in [2.75, 3.05) is 6.54 Å². The molecule has 0 spiro atoms. The second-order valence-corrected chi connectivity index (χ2v) is 5.63. The summed E-state index contributed by atoms with van der Waals surface area (Å²) in [4.78, 5) is 13.8. The minimum Gasteiger partial charge on any atom is -0.444 e. The monoisotopic (exact) mass is 213 g/mol. The molecule has 0 N–H and O–H groups in total. The van der Waals surface area contributed by atoms with Crippen molar-refractivity contribution in [2.24, 2.45) is 0 Å². The van der Waals surface area contributed by atoms with E-state index in [1.54, 1.807) is 0 Å². The molecule has 0 aromatic heterocycles. The number of amides is 1. The summed E-state index contributed by atoms with van der Waals surface area (Å²) in [6.07, 6.45) is 3.03. The molecule has 1 aliphatic carbocycles. The first-order valence-corrected chi connectivity index (χ1v) is 5.79. The normalized spacial score (nSPS) is 18.5. The number of carbonyl (C=O) groups excluding carboxylic acids is 1.